The van der Waals surface area contributed by atoms with E-state index in [9.17, 15) is 4.79 Å². The maximum atomic E-state index is 13.0. The fourth-order valence-corrected chi connectivity index (χ4v) is 4.04. The van der Waals surface area contributed by atoms with E-state index in [1.807, 2.05) is 23.1 Å². The number of ether oxygens (including phenoxy) is 2. The van der Waals surface area contributed by atoms with Crippen molar-refractivity contribution in [2.75, 3.05) is 24.7 Å². The Morgan fingerprint density at radius 3 is 2.54 bits per heavy atom. The lowest BCUT2D eigenvalue weighted by molar-refractivity contribution is -0.118. The van der Waals surface area contributed by atoms with Crippen LogP contribution < -0.4 is 20.1 Å². The standard InChI is InChI=1S/C21H28N2O3S.ClH/c1-16-7-9-18(27-16)15-23(21(24)6-4-2-3-5-11-22)17-8-10-19-20(14-17)26-13-12-25-19;/h7-10,14H,2-6,11-13,15,22H2,1H3;1H. The highest BCUT2D eigenvalue weighted by atomic mass is 35.5. The molecule has 3 rings (SSSR count). The lowest BCUT2D eigenvalue weighted by Crippen LogP contribution is -2.30. The molecule has 1 aromatic heterocycles. The molecule has 2 aromatic rings. The third-order valence-electron chi connectivity index (χ3n) is 4.59. The van der Waals surface area contributed by atoms with Crippen LogP contribution in [0.4, 0.5) is 5.69 Å². The Labute approximate surface area is 177 Å². The van der Waals surface area contributed by atoms with E-state index in [2.05, 4.69) is 19.1 Å². The number of rotatable bonds is 9. The number of hydrogen-bond acceptors (Lipinski definition) is 5. The van der Waals surface area contributed by atoms with E-state index in [1.165, 1.54) is 9.75 Å². The van der Waals surface area contributed by atoms with E-state index in [1.54, 1.807) is 11.3 Å². The number of amides is 1. The Kier molecular flexibility index (Phi) is 9.09. The summed E-state index contributed by atoms with van der Waals surface area (Å²) in [6.07, 6.45) is 4.58. The summed E-state index contributed by atoms with van der Waals surface area (Å²) in [6.45, 7) is 4.48. The van der Waals surface area contributed by atoms with Crippen LogP contribution in [-0.2, 0) is 11.3 Å². The number of nitrogens with zero attached hydrogens (tertiary/aromatic N) is 1. The predicted octanol–water partition coefficient (Wildman–Crippen LogP) is 4.69. The molecule has 0 fully saturated rings. The summed E-state index contributed by atoms with van der Waals surface area (Å²) in [6, 6.07) is 9.95. The zero-order chi connectivity index (χ0) is 19.1. The van der Waals surface area contributed by atoms with Crippen LogP contribution in [0.25, 0.3) is 0 Å². The van der Waals surface area contributed by atoms with Gasteiger partial charge < -0.3 is 20.1 Å². The summed E-state index contributed by atoms with van der Waals surface area (Å²) < 4.78 is 11.3. The second-order valence-electron chi connectivity index (χ2n) is 6.77. The van der Waals surface area contributed by atoms with Crippen molar-refractivity contribution in [2.45, 2.75) is 45.6 Å². The maximum Gasteiger partial charge on any atom is 0.227 e. The van der Waals surface area contributed by atoms with Crippen LogP contribution in [0, 0.1) is 6.92 Å². The third-order valence-corrected chi connectivity index (χ3v) is 5.58. The number of hydrogen-bond donors (Lipinski definition) is 1. The Morgan fingerprint density at radius 2 is 1.82 bits per heavy atom. The number of benzene rings is 1. The molecule has 28 heavy (non-hydrogen) atoms. The Morgan fingerprint density at radius 1 is 1.07 bits per heavy atom. The summed E-state index contributed by atoms with van der Waals surface area (Å²) >= 11 is 1.73. The number of aryl methyl sites for hydroxylation is 1. The molecule has 0 aliphatic carbocycles. The normalized spacial score (nSPS) is 12.4. The molecule has 0 bridgehead atoms. The van der Waals surface area contributed by atoms with Crippen molar-refractivity contribution in [1.82, 2.24) is 0 Å². The van der Waals surface area contributed by atoms with Gasteiger partial charge in [-0.3, -0.25) is 4.79 Å². The van der Waals surface area contributed by atoms with Gasteiger partial charge in [-0.15, -0.1) is 23.7 Å². The zero-order valence-corrected chi connectivity index (χ0v) is 17.9. The van der Waals surface area contributed by atoms with Crippen LogP contribution in [0.3, 0.4) is 0 Å². The summed E-state index contributed by atoms with van der Waals surface area (Å²) in [5, 5.41) is 0. The first kappa shape index (κ1) is 22.5. The molecule has 0 saturated carbocycles. The van der Waals surface area contributed by atoms with Crippen LogP contribution in [0.1, 0.15) is 41.9 Å². The van der Waals surface area contributed by atoms with Crippen molar-refractivity contribution < 1.29 is 14.3 Å². The van der Waals surface area contributed by atoms with E-state index in [4.69, 9.17) is 15.2 Å². The third kappa shape index (κ3) is 6.12. The molecule has 1 aliphatic heterocycles. The number of anilines is 1. The number of halogens is 1. The summed E-state index contributed by atoms with van der Waals surface area (Å²) in [7, 11) is 0. The summed E-state index contributed by atoms with van der Waals surface area (Å²) in [5.74, 6) is 1.60. The molecular weight excluding hydrogens is 396 g/mol. The van der Waals surface area contributed by atoms with Gasteiger partial charge in [-0.1, -0.05) is 12.8 Å². The molecule has 0 unspecified atom stereocenters. The molecule has 0 saturated heterocycles. The summed E-state index contributed by atoms with van der Waals surface area (Å²) in [5.41, 5.74) is 6.40. The van der Waals surface area contributed by atoms with Gasteiger partial charge in [-0.05, 0) is 50.6 Å². The maximum absolute atomic E-state index is 13.0. The van der Waals surface area contributed by atoms with Crippen LogP contribution >= 0.6 is 23.7 Å². The zero-order valence-electron chi connectivity index (χ0n) is 16.3. The van der Waals surface area contributed by atoms with E-state index >= 15 is 0 Å². The van der Waals surface area contributed by atoms with Gasteiger partial charge in [0.05, 0.1) is 6.54 Å². The van der Waals surface area contributed by atoms with Crippen LogP contribution in [0.15, 0.2) is 30.3 Å². The highest BCUT2D eigenvalue weighted by Gasteiger charge is 2.20. The van der Waals surface area contributed by atoms with Gasteiger partial charge in [-0.2, -0.15) is 0 Å². The predicted molar refractivity (Wildman–Crippen MR) is 117 cm³/mol. The topological polar surface area (TPSA) is 64.8 Å². The fourth-order valence-electron chi connectivity index (χ4n) is 3.16. The van der Waals surface area contributed by atoms with Gasteiger partial charge in [0.1, 0.15) is 13.2 Å². The van der Waals surface area contributed by atoms with Gasteiger partial charge in [0.15, 0.2) is 11.5 Å². The number of nitrogens with two attached hydrogens (primary N) is 1. The minimum Gasteiger partial charge on any atom is -0.486 e. The Balaban J connectivity index is 0.00000280. The van der Waals surface area contributed by atoms with Crippen LogP contribution in [0.5, 0.6) is 11.5 Å². The van der Waals surface area contributed by atoms with Gasteiger partial charge in [0, 0.05) is 27.9 Å². The van der Waals surface area contributed by atoms with Crippen molar-refractivity contribution in [1.29, 1.82) is 0 Å². The van der Waals surface area contributed by atoms with Crippen molar-refractivity contribution in [3.63, 3.8) is 0 Å². The van der Waals surface area contributed by atoms with Crippen molar-refractivity contribution in [2.24, 2.45) is 5.73 Å². The summed E-state index contributed by atoms with van der Waals surface area (Å²) in [4.78, 5) is 17.3. The number of thiophene rings is 1. The number of carbonyl (C=O) groups excluding carboxylic acids is 1. The molecule has 1 amide bonds. The highest BCUT2D eigenvalue weighted by Crippen LogP contribution is 2.35. The van der Waals surface area contributed by atoms with Crippen LogP contribution in [-0.4, -0.2) is 25.7 Å². The van der Waals surface area contributed by atoms with Gasteiger partial charge in [0.2, 0.25) is 5.91 Å². The first-order chi connectivity index (χ1) is 13.2. The fraction of sp³-hybridized carbons (Fsp3) is 0.476. The molecule has 0 spiro atoms. The minimum absolute atomic E-state index is 0. The highest BCUT2D eigenvalue weighted by molar-refractivity contribution is 7.11. The average molecular weight is 425 g/mol. The molecule has 1 aromatic carbocycles. The van der Waals surface area contributed by atoms with Crippen LogP contribution in [0.2, 0.25) is 0 Å². The lowest BCUT2D eigenvalue weighted by atomic mass is 10.1. The minimum atomic E-state index is 0. The van der Waals surface area contributed by atoms with Crippen molar-refractivity contribution in [3.8, 4) is 11.5 Å². The van der Waals surface area contributed by atoms with E-state index in [0.29, 0.717) is 31.9 Å². The van der Waals surface area contributed by atoms with E-state index in [0.717, 1.165) is 43.7 Å². The smallest absolute Gasteiger partial charge is 0.227 e. The van der Waals surface area contributed by atoms with Crippen molar-refractivity contribution in [3.05, 3.63) is 40.1 Å². The van der Waals surface area contributed by atoms with Gasteiger partial charge in [-0.25, -0.2) is 0 Å². The van der Waals surface area contributed by atoms with E-state index < -0.39 is 0 Å². The first-order valence-corrected chi connectivity index (χ1v) is 10.4. The number of unbranched alkanes of at least 4 members (excludes halogenated alkanes) is 3. The SMILES string of the molecule is Cc1ccc(CN(C(=O)CCCCCCN)c2ccc3c(c2)OCCO3)s1.Cl. The molecule has 0 atom stereocenters. The Hall–Kier alpha value is -1.76. The van der Waals surface area contributed by atoms with Crippen molar-refractivity contribution >= 4 is 35.3 Å². The van der Waals surface area contributed by atoms with E-state index in [-0.39, 0.29) is 18.3 Å². The second kappa shape index (κ2) is 11.3. The molecule has 2 heterocycles. The Bertz CT molecular complexity index is 766. The second-order valence-corrected chi connectivity index (χ2v) is 8.15. The molecule has 0 radical (unpaired) electrons. The largest absolute Gasteiger partial charge is 0.486 e. The number of fused-ring (bicyclic) bond motifs is 1. The molecular formula is C21H29ClN2O3S. The molecule has 7 heteroatoms. The quantitative estimate of drug-likeness (QED) is 0.593. The molecule has 1 aliphatic rings. The molecule has 5 nitrogen and oxygen atoms in total. The number of carbonyl (C=O) groups is 1. The monoisotopic (exact) mass is 424 g/mol. The molecule has 2 N–H and O–H groups in total. The first-order valence-electron chi connectivity index (χ1n) is 9.63. The lowest BCUT2D eigenvalue weighted by Gasteiger charge is -2.25. The molecule has 154 valence electrons. The van der Waals surface area contributed by atoms with Gasteiger partial charge in [0.25, 0.3) is 0 Å². The average Bonchev–Trinajstić information content (AvgIpc) is 3.10. The van der Waals surface area contributed by atoms with Gasteiger partial charge >= 0.3 is 0 Å².